The van der Waals surface area contributed by atoms with Crippen molar-refractivity contribution in [2.24, 2.45) is 11.8 Å². The standard InChI is InChI=1S/C17H22BrN/c1-11(2)12(3)17(19-4)15-9-10-16(18)14-8-6-5-7-13(14)15/h5-12,17,19H,1-4H3. The first-order valence-electron chi connectivity index (χ1n) is 6.90. The van der Waals surface area contributed by atoms with Crippen LogP contribution in [0.5, 0.6) is 0 Å². The van der Waals surface area contributed by atoms with Crippen LogP contribution in [-0.2, 0) is 0 Å². The predicted molar refractivity (Wildman–Crippen MR) is 87.5 cm³/mol. The van der Waals surface area contributed by atoms with Crippen molar-refractivity contribution in [2.45, 2.75) is 26.8 Å². The lowest BCUT2D eigenvalue weighted by Gasteiger charge is -2.28. The van der Waals surface area contributed by atoms with Crippen LogP contribution in [0.1, 0.15) is 32.4 Å². The van der Waals surface area contributed by atoms with Gasteiger partial charge in [0, 0.05) is 10.5 Å². The van der Waals surface area contributed by atoms with E-state index in [2.05, 4.69) is 85.5 Å². The molecule has 0 saturated heterocycles. The van der Waals surface area contributed by atoms with E-state index < -0.39 is 0 Å². The van der Waals surface area contributed by atoms with E-state index in [1.54, 1.807) is 0 Å². The number of hydrogen-bond acceptors (Lipinski definition) is 1. The molecule has 2 aromatic rings. The fourth-order valence-electron chi connectivity index (χ4n) is 2.64. The van der Waals surface area contributed by atoms with Crippen LogP contribution in [0.3, 0.4) is 0 Å². The highest BCUT2D eigenvalue weighted by Crippen LogP contribution is 2.35. The summed E-state index contributed by atoms with van der Waals surface area (Å²) in [4.78, 5) is 0. The van der Waals surface area contributed by atoms with E-state index in [9.17, 15) is 0 Å². The summed E-state index contributed by atoms with van der Waals surface area (Å²) >= 11 is 3.65. The molecule has 2 unspecified atom stereocenters. The largest absolute Gasteiger partial charge is 0.313 e. The second kappa shape index (κ2) is 6.06. The van der Waals surface area contributed by atoms with Crippen LogP contribution in [0, 0.1) is 11.8 Å². The zero-order chi connectivity index (χ0) is 14.0. The van der Waals surface area contributed by atoms with Crippen molar-refractivity contribution in [3.05, 3.63) is 46.4 Å². The first-order valence-corrected chi connectivity index (χ1v) is 7.70. The van der Waals surface area contributed by atoms with Gasteiger partial charge in [0.15, 0.2) is 0 Å². The van der Waals surface area contributed by atoms with Gasteiger partial charge in [0.2, 0.25) is 0 Å². The van der Waals surface area contributed by atoms with E-state index >= 15 is 0 Å². The monoisotopic (exact) mass is 319 g/mol. The zero-order valence-corrected chi connectivity index (χ0v) is 13.7. The third kappa shape index (κ3) is 2.85. The summed E-state index contributed by atoms with van der Waals surface area (Å²) in [5.74, 6) is 1.24. The summed E-state index contributed by atoms with van der Waals surface area (Å²) < 4.78 is 1.17. The SMILES string of the molecule is CNC(c1ccc(Br)c2ccccc12)C(C)C(C)C. The molecular weight excluding hydrogens is 298 g/mol. The zero-order valence-electron chi connectivity index (χ0n) is 12.1. The molecule has 2 aromatic carbocycles. The molecule has 1 nitrogen and oxygen atoms in total. The molecule has 0 aliphatic carbocycles. The molecule has 2 rings (SSSR count). The minimum Gasteiger partial charge on any atom is -0.313 e. The predicted octanol–water partition coefficient (Wildman–Crippen LogP) is 5.15. The lowest BCUT2D eigenvalue weighted by atomic mass is 9.84. The molecule has 0 aromatic heterocycles. The number of hydrogen-bond donors (Lipinski definition) is 1. The summed E-state index contributed by atoms with van der Waals surface area (Å²) in [6, 6.07) is 13.4. The van der Waals surface area contributed by atoms with Gasteiger partial charge in [0.25, 0.3) is 0 Å². The molecule has 1 N–H and O–H groups in total. The maximum absolute atomic E-state index is 3.65. The fourth-order valence-corrected chi connectivity index (χ4v) is 3.12. The lowest BCUT2D eigenvalue weighted by molar-refractivity contribution is 0.318. The normalized spacial score (nSPS) is 14.8. The van der Waals surface area contributed by atoms with Crippen LogP contribution < -0.4 is 5.32 Å². The molecule has 0 saturated carbocycles. The average Bonchev–Trinajstić information content (AvgIpc) is 2.42. The summed E-state index contributed by atoms with van der Waals surface area (Å²) in [5.41, 5.74) is 1.39. The Bertz CT molecular complexity index is 562. The second-order valence-corrected chi connectivity index (χ2v) is 6.41. The number of benzene rings is 2. The molecule has 19 heavy (non-hydrogen) atoms. The molecule has 0 heterocycles. The van der Waals surface area contributed by atoms with E-state index in [1.807, 2.05) is 0 Å². The maximum Gasteiger partial charge on any atom is 0.0352 e. The van der Waals surface area contributed by atoms with Gasteiger partial charge in [-0.15, -0.1) is 0 Å². The Balaban J connectivity index is 2.58. The highest BCUT2D eigenvalue weighted by Gasteiger charge is 2.22. The van der Waals surface area contributed by atoms with Crippen molar-refractivity contribution in [1.82, 2.24) is 5.32 Å². The smallest absolute Gasteiger partial charge is 0.0352 e. The van der Waals surface area contributed by atoms with E-state index in [0.29, 0.717) is 17.9 Å². The van der Waals surface area contributed by atoms with Crippen LogP contribution in [0.25, 0.3) is 10.8 Å². The molecule has 0 radical (unpaired) electrons. The van der Waals surface area contributed by atoms with E-state index in [1.165, 1.54) is 20.8 Å². The Morgan fingerprint density at radius 1 is 0.947 bits per heavy atom. The molecule has 0 spiro atoms. The maximum atomic E-state index is 3.65. The van der Waals surface area contributed by atoms with Crippen LogP contribution in [0.4, 0.5) is 0 Å². The quantitative estimate of drug-likeness (QED) is 0.821. The topological polar surface area (TPSA) is 12.0 Å². The van der Waals surface area contributed by atoms with Gasteiger partial charge in [-0.25, -0.2) is 0 Å². The van der Waals surface area contributed by atoms with Crippen molar-refractivity contribution >= 4 is 26.7 Å². The van der Waals surface area contributed by atoms with Gasteiger partial charge < -0.3 is 5.32 Å². The Hall–Kier alpha value is -0.860. The van der Waals surface area contributed by atoms with Gasteiger partial charge in [-0.2, -0.15) is 0 Å². The van der Waals surface area contributed by atoms with Gasteiger partial charge in [0.1, 0.15) is 0 Å². The van der Waals surface area contributed by atoms with Gasteiger partial charge in [-0.05, 0) is 41.3 Å². The Morgan fingerprint density at radius 3 is 2.16 bits per heavy atom. The molecule has 0 bridgehead atoms. The molecule has 2 atom stereocenters. The van der Waals surface area contributed by atoms with Gasteiger partial charge in [-0.3, -0.25) is 0 Å². The van der Waals surface area contributed by atoms with Crippen LogP contribution in [0.2, 0.25) is 0 Å². The highest BCUT2D eigenvalue weighted by atomic mass is 79.9. The Kier molecular flexibility index (Phi) is 4.64. The summed E-state index contributed by atoms with van der Waals surface area (Å²) in [7, 11) is 2.06. The van der Waals surface area contributed by atoms with Crippen LogP contribution in [-0.4, -0.2) is 7.05 Å². The summed E-state index contributed by atoms with van der Waals surface area (Å²) in [5, 5.41) is 6.12. The van der Waals surface area contributed by atoms with Gasteiger partial charge in [-0.1, -0.05) is 67.0 Å². The second-order valence-electron chi connectivity index (χ2n) is 5.55. The molecular formula is C17H22BrN. The molecule has 2 heteroatoms. The summed E-state index contributed by atoms with van der Waals surface area (Å²) in [6.07, 6.45) is 0. The Labute approximate surface area is 124 Å². The van der Waals surface area contributed by atoms with E-state index in [0.717, 1.165) is 0 Å². The first-order chi connectivity index (χ1) is 9.06. The van der Waals surface area contributed by atoms with Crippen molar-refractivity contribution in [2.75, 3.05) is 7.05 Å². The minimum absolute atomic E-state index is 0.387. The molecule has 102 valence electrons. The fraction of sp³-hybridized carbons (Fsp3) is 0.412. The third-order valence-corrected chi connectivity index (χ3v) is 4.82. The van der Waals surface area contributed by atoms with Crippen molar-refractivity contribution < 1.29 is 0 Å². The number of halogens is 1. The highest BCUT2D eigenvalue weighted by molar-refractivity contribution is 9.10. The molecule has 0 amide bonds. The Morgan fingerprint density at radius 2 is 1.58 bits per heavy atom. The van der Waals surface area contributed by atoms with Crippen LogP contribution in [0.15, 0.2) is 40.9 Å². The van der Waals surface area contributed by atoms with Gasteiger partial charge in [0.05, 0.1) is 0 Å². The average molecular weight is 320 g/mol. The van der Waals surface area contributed by atoms with Crippen molar-refractivity contribution in [1.29, 1.82) is 0 Å². The minimum atomic E-state index is 0.387. The number of rotatable bonds is 4. The molecule has 0 fully saturated rings. The van der Waals surface area contributed by atoms with Gasteiger partial charge >= 0.3 is 0 Å². The molecule has 0 aliphatic heterocycles. The lowest BCUT2D eigenvalue weighted by Crippen LogP contribution is -2.26. The third-order valence-electron chi connectivity index (χ3n) is 4.13. The van der Waals surface area contributed by atoms with E-state index in [-0.39, 0.29) is 0 Å². The van der Waals surface area contributed by atoms with Crippen LogP contribution >= 0.6 is 15.9 Å². The molecule has 0 aliphatic rings. The van der Waals surface area contributed by atoms with Crippen molar-refractivity contribution in [3.63, 3.8) is 0 Å². The summed E-state index contributed by atoms with van der Waals surface area (Å²) in [6.45, 7) is 6.90. The first kappa shape index (κ1) is 14.5. The van der Waals surface area contributed by atoms with Crippen molar-refractivity contribution in [3.8, 4) is 0 Å². The van der Waals surface area contributed by atoms with E-state index in [4.69, 9.17) is 0 Å². The number of fused-ring (bicyclic) bond motifs is 1. The number of nitrogens with one attached hydrogen (secondary N) is 1.